The molecule has 1 aromatic rings. The Hall–Kier alpha value is -1.76. The lowest BCUT2D eigenvalue weighted by molar-refractivity contribution is -0.142. The van der Waals surface area contributed by atoms with Gasteiger partial charge in [-0.2, -0.15) is 13.2 Å². The first kappa shape index (κ1) is 17.3. The highest BCUT2D eigenvalue weighted by Gasteiger charge is 2.35. The van der Waals surface area contributed by atoms with Gasteiger partial charge in [-0.1, -0.05) is 12.1 Å². The average molecular weight is 304 g/mol. The van der Waals surface area contributed by atoms with Crippen LogP contribution < -0.4 is 10.1 Å². The van der Waals surface area contributed by atoms with Crippen LogP contribution in [0.5, 0.6) is 5.75 Å². The van der Waals surface area contributed by atoms with E-state index in [1.165, 1.54) is 30.0 Å². The second-order valence-electron chi connectivity index (χ2n) is 4.62. The minimum absolute atomic E-state index is 0.340. The summed E-state index contributed by atoms with van der Waals surface area (Å²) in [5, 5.41) is 2.89. The van der Waals surface area contributed by atoms with Crippen molar-refractivity contribution < 1.29 is 22.7 Å². The van der Waals surface area contributed by atoms with Crippen molar-refractivity contribution in [3.63, 3.8) is 0 Å². The Bertz CT molecular complexity index is 478. The molecular weight excluding hydrogens is 285 g/mol. The van der Waals surface area contributed by atoms with Crippen molar-refractivity contribution >= 4 is 5.91 Å². The van der Waals surface area contributed by atoms with E-state index in [4.69, 9.17) is 4.74 Å². The van der Waals surface area contributed by atoms with Crippen LogP contribution in [0.4, 0.5) is 13.2 Å². The fourth-order valence-corrected chi connectivity index (χ4v) is 1.74. The summed E-state index contributed by atoms with van der Waals surface area (Å²) in [5.41, 5.74) is -0.887. The number of nitrogens with zero attached hydrogens (tertiary/aromatic N) is 1. The molecule has 0 bridgehead atoms. The van der Waals surface area contributed by atoms with E-state index in [2.05, 4.69) is 5.32 Å². The highest BCUT2D eigenvalue weighted by molar-refractivity contribution is 5.80. The molecule has 0 aromatic heterocycles. The predicted molar refractivity (Wildman–Crippen MR) is 73.1 cm³/mol. The molecule has 4 nitrogen and oxygen atoms in total. The zero-order valence-electron chi connectivity index (χ0n) is 12.2. The van der Waals surface area contributed by atoms with Crippen molar-refractivity contribution in [3.05, 3.63) is 29.8 Å². The number of ether oxygens (including phenoxy) is 1. The number of hydrogen-bond donors (Lipinski definition) is 1. The summed E-state index contributed by atoms with van der Waals surface area (Å²) in [6.45, 7) is 2.48. The Morgan fingerprint density at radius 3 is 2.57 bits per heavy atom. The van der Waals surface area contributed by atoms with E-state index in [1.807, 2.05) is 0 Å². The number of rotatable bonds is 6. The van der Waals surface area contributed by atoms with Crippen LogP contribution in [0.2, 0.25) is 0 Å². The van der Waals surface area contributed by atoms with Gasteiger partial charge in [-0.25, -0.2) is 0 Å². The van der Waals surface area contributed by atoms with Crippen molar-refractivity contribution in [1.29, 1.82) is 0 Å². The second-order valence-corrected chi connectivity index (χ2v) is 4.62. The standard InChI is InChI=1S/C14H19F3N2O2/c1-10(13(20)19(3)9-8-18-2)21-12-7-5-4-6-11(12)14(15,16)17/h4-7,10,18H,8-9H2,1-3H3. The first-order valence-corrected chi connectivity index (χ1v) is 6.49. The number of hydrogen-bond acceptors (Lipinski definition) is 3. The third-order valence-corrected chi connectivity index (χ3v) is 2.92. The maximum absolute atomic E-state index is 12.8. The molecule has 1 amide bonds. The van der Waals surface area contributed by atoms with Crippen LogP contribution >= 0.6 is 0 Å². The largest absolute Gasteiger partial charge is 0.480 e. The maximum Gasteiger partial charge on any atom is 0.419 e. The van der Waals surface area contributed by atoms with Gasteiger partial charge in [0.05, 0.1) is 5.56 Å². The molecule has 118 valence electrons. The van der Waals surface area contributed by atoms with Crippen LogP contribution in [0.1, 0.15) is 12.5 Å². The van der Waals surface area contributed by atoms with Crippen molar-refractivity contribution in [2.75, 3.05) is 27.2 Å². The molecule has 0 saturated heterocycles. The summed E-state index contributed by atoms with van der Waals surface area (Å²) in [6.07, 6.45) is -5.51. The summed E-state index contributed by atoms with van der Waals surface area (Å²) >= 11 is 0. The Morgan fingerprint density at radius 2 is 2.00 bits per heavy atom. The summed E-state index contributed by atoms with van der Waals surface area (Å²) in [5.74, 6) is -0.713. The quantitative estimate of drug-likeness (QED) is 0.875. The van der Waals surface area contributed by atoms with Gasteiger partial charge in [0.2, 0.25) is 0 Å². The van der Waals surface area contributed by atoms with Crippen LogP contribution in [0.25, 0.3) is 0 Å². The second kappa shape index (κ2) is 7.31. The molecule has 1 unspecified atom stereocenters. The molecule has 21 heavy (non-hydrogen) atoms. The van der Waals surface area contributed by atoms with E-state index < -0.39 is 17.8 Å². The van der Waals surface area contributed by atoms with Crippen molar-refractivity contribution in [2.45, 2.75) is 19.2 Å². The Balaban J connectivity index is 2.79. The molecule has 1 rings (SSSR count). The third kappa shape index (κ3) is 4.93. The molecule has 0 heterocycles. The fourth-order valence-electron chi connectivity index (χ4n) is 1.74. The number of halogens is 3. The molecule has 1 N–H and O–H groups in total. The van der Waals surface area contributed by atoms with Crippen LogP contribution in [-0.4, -0.2) is 44.1 Å². The maximum atomic E-state index is 12.8. The molecule has 1 atom stereocenters. The van der Waals surface area contributed by atoms with E-state index in [0.717, 1.165) is 6.07 Å². The van der Waals surface area contributed by atoms with E-state index in [-0.39, 0.29) is 11.7 Å². The first-order chi connectivity index (χ1) is 9.77. The van der Waals surface area contributed by atoms with E-state index >= 15 is 0 Å². The monoisotopic (exact) mass is 304 g/mol. The lowest BCUT2D eigenvalue weighted by Crippen LogP contribution is -2.41. The molecule has 0 radical (unpaired) electrons. The third-order valence-electron chi connectivity index (χ3n) is 2.92. The first-order valence-electron chi connectivity index (χ1n) is 6.49. The Morgan fingerprint density at radius 1 is 1.38 bits per heavy atom. The lowest BCUT2D eigenvalue weighted by atomic mass is 10.2. The van der Waals surface area contributed by atoms with Crippen molar-refractivity contribution in [1.82, 2.24) is 10.2 Å². The van der Waals surface area contributed by atoms with Crippen LogP contribution in [0, 0.1) is 0 Å². The van der Waals surface area contributed by atoms with Crippen molar-refractivity contribution in [2.24, 2.45) is 0 Å². The molecule has 0 aliphatic heterocycles. The number of nitrogens with one attached hydrogen (secondary N) is 1. The zero-order chi connectivity index (χ0) is 16.0. The van der Waals surface area contributed by atoms with Gasteiger partial charge in [0.25, 0.3) is 5.91 Å². The summed E-state index contributed by atoms with van der Waals surface area (Å²) in [6, 6.07) is 4.85. The number of benzene rings is 1. The van der Waals surface area contributed by atoms with Crippen LogP contribution in [-0.2, 0) is 11.0 Å². The number of likely N-dealkylation sites (N-methyl/N-ethyl adjacent to an activating group) is 2. The number of amides is 1. The van der Waals surface area contributed by atoms with Gasteiger partial charge in [0, 0.05) is 20.1 Å². The van der Waals surface area contributed by atoms with Gasteiger partial charge < -0.3 is 15.0 Å². The lowest BCUT2D eigenvalue weighted by Gasteiger charge is -2.23. The summed E-state index contributed by atoms with van der Waals surface area (Å²) in [4.78, 5) is 13.4. The molecule has 0 fully saturated rings. The van der Waals surface area contributed by atoms with Gasteiger partial charge in [-0.3, -0.25) is 4.79 Å². The van der Waals surface area contributed by atoms with Crippen molar-refractivity contribution in [3.8, 4) is 5.75 Å². The fraction of sp³-hybridized carbons (Fsp3) is 0.500. The number of alkyl halides is 3. The smallest absolute Gasteiger partial charge is 0.419 e. The minimum atomic E-state index is -4.52. The Labute approximate surface area is 121 Å². The molecule has 7 heteroatoms. The van der Waals surface area contributed by atoms with E-state index in [9.17, 15) is 18.0 Å². The zero-order valence-corrected chi connectivity index (χ0v) is 12.2. The Kier molecular flexibility index (Phi) is 6.02. The average Bonchev–Trinajstić information content (AvgIpc) is 2.43. The SMILES string of the molecule is CNCCN(C)C(=O)C(C)Oc1ccccc1C(F)(F)F. The topological polar surface area (TPSA) is 41.6 Å². The van der Waals surface area contributed by atoms with E-state index in [1.54, 1.807) is 14.1 Å². The summed E-state index contributed by atoms with van der Waals surface area (Å²) < 4.78 is 43.7. The molecular formula is C14H19F3N2O2. The molecule has 0 aliphatic carbocycles. The van der Waals surface area contributed by atoms with E-state index in [0.29, 0.717) is 13.1 Å². The highest BCUT2D eigenvalue weighted by atomic mass is 19.4. The molecule has 1 aromatic carbocycles. The van der Waals surface area contributed by atoms with Gasteiger partial charge in [-0.15, -0.1) is 0 Å². The highest BCUT2D eigenvalue weighted by Crippen LogP contribution is 2.36. The van der Waals surface area contributed by atoms with Crippen LogP contribution in [0.3, 0.4) is 0 Å². The molecule has 0 saturated carbocycles. The van der Waals surface area contributed by atoms with Gasteiger partial charge >= 0.3 is 6.18 Å². The molecule has 0 spiro atoms. The minimum Gasteiger partial charge on any atom is -0.480 e. The number of carbonyl (C=O) groups excluding carboxylic acids is 1. The van der Waals surface area contributed by atoms with Gasteiger partial charge in [-0.05, 0) is 26.1 Å². The molecule has 0 aliphatic rings. The number of carbonyl (C=O) groups is 1. The predicted octanol–water partition coefficient (Wildman–Crippen LogP) is 2.15. The van der Waals surface area contributed by atoms with Crippen LogP contribution in [0.15, 0.2) is 24.3 Å². The normalized spacial score (nSPS) is 12.9. The van der Waals surface area contributed by atoms with Gasteiger partial charge in [0.15, 0.2) is 6.10 Å². The summed E-state index contributed by atoms with van der Waals surface area (Å²) in [7, 11) is 3.33. The number of para-hydroxylation sites is 1. The van der Waals surface area contributed by atoms with Gasteiger partial charge in [0.1, 0.15) is 5.75 Å².